The van der Waals surface area contributed by atoms with Crippen LogP contribution in [-0.2, 0) is 0 Å². The van der Waals surface area contributed by atoms with E-state index in [2.05, 4.69) is 15.5 Å². The molecule has 2 rings (SSSR count). The van der Waals surface area contributed by atoms with Crippen molar-refractivity contribution in [1.82, 2.24) is 10.2 Å². The lowest BCUT2D eigenvalue weighted by atomic mass is 10.1. The highest BCUT2D eigenvalue weighted by atomic mass is 32.2. The van der Waals surface area contributed by atoms with E-state index in [-0.39, 0.29) is 5.56 Å². The number of hydrogen-bond donors (Lipinski definition) is 2. The van der Waals surface area contributed by atoms with E-state index >= 15 is 0 Å². The van der Waals surface area contributed by atoms with E-state index in [0.29, 0.717) is 23.1 Å². The Morgan fingerprint density at radius 3 is 2.83 bits per heavy atom. The highest BCUT2D eigenvalue weighted by Gasteiger charge is 2.21. The number of carboxylic acids is 1. The van der Waals surface area contributed by atoms with Crippen LogP contribution in [0.25, 0.3) is 0 Å². The van der Waals surface area contributed by atoms with E-state index in [1.54, 1.807) is 13.8 Å². The molecule has 2 N–H and O–H groups in total. The fourth-order valence-electron chi connectivity index (χ4n) is 2.02. The van der Waals surface area contributed by atoms with Crippen molar-refractivity contribution in [2.24, 2.45) is 0 Å². The van der Waals surface area contributed by atoms with E-state index in [4.69, 9.17) is 0 Å². The third-order valence-electron chi connectivity index (χ3n) is 3.17. The summed E-state index contributed by atoms with van der Waals surface area (Å²) in [4.78, 5) is 11.3. The number of carbonyl (C=O) groups is 1. The van der Waals surface area contributed by atoms with Crippen molar-refractivity contribution in [1.29, 1.82) is 0 Å². The lowest BCUT2D eigenvalue weighted by molar-refractivity contribution is 0.0696. The van der Waals surface area contributed by atoms with Crippen molar-refractivity contribution in [3.8, 4) is 0 Å². The number of rotatable bonds is 3. The van der Waals surface area contributed by atoms with Crippen LogP contribution in [0.2, 0.25) is 0 Å². The van der Waals surface area contributed by atoms with E-state index in [0.717, 1.165) is 18.6 Å². The van der Waals surface area contributed by atoms with E-state index in [1.807, 2.05) is 11.8 Å². The molecule has 6 heteroatoms. The average molecular weight is 267 g/mol. The zero-order valence-electron chi connectivity index (χ0n) is 10.6. The number of thioether (sulfide) groups is 1. The molecule has 1 fully saturated rings. The molecule has 1 saturated heterocycles. The highest BCUT2D eigenvalue weighted by Crippen LogP contribution is 2.23. The number of anilines is 1. The van der Waals surface area contributed by atoms with Crippen LogP contribution in [0.4, 0.5) is 5.82 Å². The zero-order chi connectivity index (χ0) is 13.1. The fraction of sp³-hybridized carbons (Fsp3) is 0.583. The molecule has 0 radical (unpaired) electrons. The molecule has 0 saturated carbocycles. The van der Waals surface area contributed by atoms with Gasteiger partial charge in [0.2, 0.25) is 0 Å². The van der Waals surface area contributed by atoms with Gasteiger partial charge in [0.25, 0.3) is 0 Å². The number of nitrogens with one attached hydrogen (secondary N) is 1. The van der Waals surface area contributed by atoms with Gasteiger partial charge in [0.05, 0.1) is 5.69 Å². The summed E-state index contributed by atoms with van der Waals surface area (Å²) in [6.45, 7) is 3.54. The van der Waals surface area contributed by atoms with Gasteiger partial charge in [0.1, 0.15) is 5.56 Å². The van der Waals surface area contributed by atoms with Crippen molar-refractivity contribution < 1.29 is 9.90 Å². The van der Waals surface area contributed by atoms with Crippen LogP contribution in [0.3, 0.4) is 0 Å². The molecule has 0 aliphatic carbocycles. The first-order chi connectivity index (χ1) is 8.59. The Hall–Kier alpha value is -1.30. The molecular formula is C12H17N3O2S. The Bertz CT molecular complexity index is 459. The second-order valence-electron chi connectivity index (χ2n) is 4.50. The molecule has 0 bridgehead atoms. The third kappa shape index (κ3) is 2.75. The van der Waals surface area contributed by atoms with Gasteiger partial charge in [-0.2, -0.15) is 16.9 Å². The third-order valence-corrected chi connectivity index (χ3v) is 4.38. The molecule has 18 heavy (non-hydrogen) atoms. The molecule has 1 aliphatic heterocycles. The summed E-state index contributed by atoms with van der Waals surface area (Å²) in [5, 5.41) is 20.5. The van der Waals surface area contributed by atoms with Gasteiger partial charge in [-0.3, -0.25) is 0 Å². The average Bonchev–Trinajstić information content (AvgIpc) is 2.35. The van der Waals surface area contributed by atoms with Crippen molar-refractivity contribution in [3.63, 3.8) is 0 Å². The minimum Gasteiger partial charge on any atom is -0.478 e. The van der Waals surface area contributed by atoms with Crippen LogP contribution in [-0.4, -0.2) is 38.8 Å². The fourth-order valence-corrected chi connectivity index (χ4v) is 3.09. The maximum Gasteiger partial charge on any atom is 0.339 e. The second-order valence-corrected chi connectivity index (χ2v) is 5.65. The SMILES string of the molecule is Cc1nnc(NC2CCCSC2)c(C(=O)O)c1C. The molecule has 2 heterocycles. The summed E-state index contributed by atoms with van der Waals surface area (Å²) in [5.74, 6) is 1.63. The van der Waals surface area contributed by atoms with Crippen molar-refractivity contribution in [3.05, 3.63) is 16.8 Å². The predicted molar refractivity (Wildman–Crippen MR) is 72.4 cm³/mol. The maximum absolute atomic E-state index is 11.3. The van der Waals surface area contributed by atoms with Gasteiger partial charge >= 0.3 is 5.97 Å². The molecule has 98 valence electrons. The van der Waals surface area contributed by atoms with E-state index in [9.17, 15) is 9.90 Å². The Kier molecular flexibility index (Phi) is 4.06. The number of aryl methyl sites for hydroxylation is 1. The molecule has 1 atom stereocenters. The van der Waals surface area contributed by atoms with Gasteiger partial charge in [0.15, 0.2) is 5.82 Å². The zero-order valence-corrected chi connectivity index (χ0v) is 11.4. The minimum atomic E-state index is -0.948. The second kappa shape index (κ2) is 5.56. The van der Waals surface area contributed by atoms with E-state index in [1.165, 1.54) is 5.75 Å². The number of carboxylic acid groups (broad SMARTS) is 1. The lowest BCUT2D eigenvalue weighted by Gasteiger charge is -2.23. The molecule has 0 spiro atoms. The van der Waals surface area contributed by atoms with Crippen LogP contribution >= 0.6 is 11.8 Å². The number of aromatic nitrogens is 2. The monoisotopic (exact) mass is 267 g/mol. The first kappa shape index (κ1) is 13.1. The summed E-state index contributed by atoms with van der Waals surface area (Å²) < 4.78 is 0. The smallest absolute Gasteiger partial charge is 0.339 e. The summed E-state index contributed by atoms with van der Waals surface area (Å²) >= 11 is 1.89. The molecule has 5 nitrogen and oxygen atoms in total. The first-order valence-electron chi connectivity index (χ1n) is 6.01. The quantitative estimate of drug-likeness (QED) is 0.873. The van der Waals surface area contributed by atoms with Gasteiger partial charge in [-0.05, 0) is 38.0 Å². The van der Waals surface area contributed by atoms with Gasteiger partial charge in [-0.15, -0.1) is 5.10 Å². The summed E-state index contributed by atoms with van der Waals surface area (Å²) in [6.07, 6.45) is 2.21. The van der Waals surface area contributed by atoms with Crippen molar-refractivity contribution in [2.75, 3.05) is 16.8 Å². The van der Waals surface area contributed by atoms with Gasteiger partial charge in [-0.1, -0.05) is 0 Å². The molecule has 1 aliphatic rings. The minimum absolute atomic E-state index is 0.248. The van der Waals surface area contributed by atoms with Crippen LogP contribution in [0.1, 0.15) is 34.5 Å². The van der Waals surface area contributed by atoms with Crippen LogP contribution in [0, 0.1) is 13.8 Å². The van der Waals surface area contributed by atoms with Gasteiger partial charge in [-0.25, -0.2) is 4.79 Å². The van der Waals surface area contributed by atoms with Crippen molar-refractivity contribution in [2.45, 2.75) is 32.7 Å². The maximum atomic E-state index is 11.3. The van der Waals surface area contributed by atoms with Crippen LogP contribution < -0.4 is 5.32 Å². The van der Waals surface area contributed by atoms with E-state index < -0.39 is 5.97 Å². The molecule has 0 amide bonds. The Balaban J connectivity index is 2.26. The van der Waals surface area contributed by atoms with Crippen LogP contribution in [0.15, 0.2) is 0 Å². The summed E-state index contributed by atoms with van der Waals surface area (Å²) in [5.41, 5.74) is 1.59. The van der Waals surface area contributed by atoms with Gasteiger partial charge < -0.3 is 10.4 Å². The Morgan fingerprint density at radius 1 is 1.44 bits per heavy atom. The largest absolute Gasteiger partial charge is 0.478 e. The Morgan fingerprint density at radius 2 is 2.22 bits per heavy atom. The first-order valence-corrected chi connectivity index (χ1v) is 7.16. The molecule has 1 aromatic rings. The summed E-state index contributed by atoms with van der Waals surface area (Å²) in [6, 6.07) is 0.290. The number of aromatic carboxylic acids is 1. The molecule has 0 aromatic carbocycles. The molecule has 1 unspecified atom stereocenters. The van der Waals surface area contributed by atoms with Crippen molar-refractivity contribution >= 4 is 23.5 Å². The normalized spacial score (nSPS) is 19.6. The standard InChI is InChI=1S/C12H17N3O2S/c1-7-8(2)14-15-11(10(7)12(16)17)13-9-4-3-5-18-6-9/h9H,3-6H2,1-2H3,(H,13,15)(H,16,17). The summed E-state index contributed by atoms with van der Waals surface area (Å²) in [7, 11) is 0. The molecular weight excluding hydrogens is 250 g/mol. The number of nitrogens with zero attached hydrogens (tertiary/aromatic N) is 2. The van der Waals surface area contributed by atoms with Gasteiger partial charge in [0, 0.05) is 11.8 Å². The van der Waals surface area contributed by atoms with Crippen LogP contribution in [0.5, 0.6) is 0 Å². The highest BCUT2D eigenvalue weighted by molar-refractivity contribution is 7.99. The lowest BCUT2D eigenvalue weighted by Crippen LogP contribution is -2.28. The predicted octanol–water partition coefficient (Wildman–Crippen LogP) is 2.10. The topological polar surface area (TPSA) is 75.1 Å². The Labute approximate surface area is 110 Å². The number of hydrogen-bond acceptors (Lipinski definition) is 5. The molecule has 1 aromatic heterocycles.